The second kappa shape index (κ2) is 8.14. The third-order valence-electron chi connectivity index (χ3n) is 4.16. The predicted octanol–water partition coefficient (Wildman–Crippen LogP) is 3.96. The van der Waals surface area contributed by atoms with Gasteiger partial charge in [-0.15, -0.1) is 11.6 Å². The van der Waals surface area contributed by atoms with Gasteiger partial charge in [-0.2, -0.15) is 0 Å². The molecule has 2 N–H and O–H groups in total. The van der Waals surface area contributed by atoms with Crippen LogP contribution in [0.2, 0.25) is 0 Å². The summed E-state index contributed by atoms with van der Waals surface area (Å²) < 4.78 is 10.4. The number of Topliss-reactive ketones (excluding diaryl/α,β-unsaturated/α-hetero) is 1. The maximum atomic E-state index is 12.5. The van der Waals surface area contributed by atoms with E-state index in [1.807, 2.05) is 0 Å². The summed E-state index contributed by atoms with van der Waals surface area (Å²) in [7, 11) is 3.06. The number of nitrogens with one attached hydrogen (secondary N) is 2. The lowest BCUT2D eigenvalue weighted by molar-refractivity contribution is 0.102. The van der Waals surface area contributed by atoms with Crippen molar-refractivity contribution in [1.29, 1.82) is 0 Å². The van der Waals surface area contributed by atoms with Crippen molar-refractivity contribution in [3.8, 4) is 11.5 Å². The lowest BCUT2D eigenvalue weighted by Crippen LogP contribution is -2.13. The van der Waals surface area contributed by atoms with Crippen LogP contribution in [0.3, 0.4) is 0 Å². The van der Waals surface area contributed by atoms with Crippen LogP contribution in [0.15, 0.2) is 54.3 Å². The number of carbonyl (C=O) groups excluding carboxylic acids is 2. The molecule has 1 aliphatic carbocycles. The summed E-state index contributed by atoms with van der Waals surface area (Å²) in [5, 5.41) is 2.67. The number of methoxy groups -OCH3 is 2. The van der Waals surface area contributed by atoms with E-state index in [1.165, 1.54) is 19.4 Å². The SMILES string of the molecule is COc1ccc(NC(=O)c2cc(C(=O)C3=CCC(Cl)C=C3)c[nH]2)c(OC)c1. The van der Waals surface area contributed by atoms with Gasteiger partial charge in [0, 0.05) is 23.4 Å². The van der Waals surface area contributed by atoms with E-state index >= 15 is 0 Å². The molecule has 2 aromatic rings. The molecule has 7 heteroatoms. The first kappa shape index (κ1) is 18.8. The van der Waals surface area contributed by atoms with Gasteiger partial charge in [-0.1, -0.05) is 18.2 Å². The fraction of sp³-hybridized carbons (Fsp3) is 0.200. The van der Waals surface area contributed by atoms with Crippen molar-refractivity contribution in [3.05, 3.63) is 65.5 Å². The summed E-state index contributed by atoms with van der Waals surface area (Å²) in [6.07, 6.45) is 7.41. The molecule has 0 radical (unpaired) electrons. The number of aromatic amines is 1. The quantitative estimate of drug-likeness (QED) is 0.581. The van der Waals surface area contributed by atoms with Crippen LogP contribution in [0.4, 0.5) is 5.69 Å². The molecule has 3 rings (SSSR count). The minimum absolute atomic E-state index is 0.0893. The number of allylic oxidation sites excluding steroid dienone is 4. The average molecular weight is 387 g/mol. The van der Waals surface area contributed by atoms with Gasteiger partial charge in [0.15, 0.2) is 5.78 Å². The Balaban J connectivity index is 1.74. The largest absolute Gasteiger partial charge is 0.497 e. The molecule has 1 aromatic heterocycles. The summed E-state index contributed by atoms with van der Waals surface area (Å²) in [5.41, 5.74) is 1.74. The van der Waals surface area contributed by atoms with E-state index in [0.717, 1.165) is 0 Å². The monoisotopic (exact) mass is 386 g/mol. The normalized spacial score (nSPS) is 15.8. The Morgan fingerprint density at radius 3 is 2.70 bits per heavy atom. The number of ether oxygens (including phenoxy) is 2. The van der Waals surface area contributed by atoms with Gasteiger partial charge in [0.1, 0.15) is 17.2 Å². The van der Waals surface area contributed by atoms with E-state index in [0.29, 0.717) is 34.7 Å². The highest BCUT2D eigenvalue weighted by atomic mass is 35.5. The van der Waals surface area contributed by atoms with Crippen LogP contribution < -0.4 is 14.8 Å². The molecule has 0 fully saturated rings. The third kappa shape index (κ3) is 4.23. The number of rotatable bonds is 6. The molecule has 0 saturated carbocycles. The maximum absolute atomic E-state index is 12.5. The molecule has 1 aromatic carbocycles. The molecule has 0 aliphatic heterocycles. The Bertz CT molecular complexity index is 930. The molecule has 1 amide bonds. The van der Waals surface area contributed by atoms with Gasteiger partial charge < -0.3 is 19.8 Å². The Morgan fingerprint density at radius 1 is 1.22 bits per heavy atom. The molecule has 1 atom stereocenters. The van der Waals surface area contributed by atoms with Crippen LogP contribution in [-0.2, 0) is 0 Å². The number of halogens is 1. The predicted molar refractivity (Wildman–Crippen MR) is 104 cm³/mol. The fourth-order valence-corrected chi connectivity index (χ4v) is 2.84. The minimum Gasteiger partial charge on any atom is -0.497 e. The highest BCUT2D eigenvalue weighted by Gasteiger charge is 2.18. The van der Waals surface area contributed by atoms with Crippen LogP contribution in [0.5, 0.6) is 11.5 Å². The molecule has 0 bridgehead atoms. The summed E-state index contributed by atoms with van der Waals surface area (Å²) in [5.74, 6) is 0.544. The number of benzene rings is 1. The number of carbonyl (C=O) groups is 2. The van der Waals surface area contributed by atoms with E-state index in [1.54, 1.807) is 43.5 Å². The van der Waals surface area contributed by atoms with Gasteiger partial charge in [-0.3, -0.25) is 9.59 Å². The van der Waals surface area contributed by atoms with E-state index in [2.05, 4.69) is 10.3 Å². The first-order valence-corrected chi connectivity index (χ1v) is 8.74. The molecular weight excluding hydrogens is 368 g/mol. The summed E-state index contributed by atoms with van der Waals surface area (Å²) in [4.78, 5) is 27.9. The fourth-order valence-electron chi connectivity index (χ4n) is 2.68. The number of ketones is 1. The standard InChI is InChI=1S/C20H19ClN2O4/c1-26-15-7-8-16(18(10-15)27-2)23-20(25)17-9-13(11-22-17)19(24)12-3-5-14(21)6-4-12/h3-5,7-11,14,22H,6H2,1-2H3,(H,23,25). The maximum Gasteiger partial charge on any atom is 0.272 e. The third-order valence-corrected chi connectivity index (χ3v) is 4.48. The average Bonchev–Trinajstić information content (AvgIpc) is 3.18. The van der Waals surface area contributed by atoms with Crippen molar-refractivity contribution in [3.63, 3.8) is 0 Å². The van der Waals surface area contributed by atoms with Crippen LogP contribution in [0.1, 0.15) is 27.3 Å². The minimum atomic E-state index is -0.383. The van der Waals surface area contributed by atoms with E-state index < -0.39 is 0 Å². The van der Waals surface area contributed by atoms with Crippen molar-refractivity contribution in [2.45, 2.75) is 11.8 Å². The molecule has 6 nitrogen and oxygen atoms in total. The number of hydrogen-bond donors (Lipinski definition) is 2. The van der Waals surface area contributed by atoms with E-state index in [9.17, 15) is 9.59 Å². The number of hydrogen-bond acceptors (Lipinski definition) is 4. The zero-order valence-corrected chi connectivity index (χ0v) is 15.7. The second-order valence-electron chi connectivity index (χ2n) is 5.92. The van der Waals surface area contributed by atoms with Gasteiger partial charge in [0.25, 0.3) is 5.91 Å². The Hall–Kier alpha value is -2.99. The number of amides is 1. The molecule has 1 aliphatic rings. The zero-order valence-electron chi connectivity index (χ0n) is 14.9. The lowest BCUT2D eigenvalue weighted by Gasteiger charge is -2.11. The molecular formula is C20H19ClN2O4. The van der Waals surface area contributed by atoms with E-state index in [4.69, 9.17) is 21.1 Å². The smallest absolute Gasteiger partial charge is 0.272 e. The van der Waals surface area contributed by atoms with Crippen molar-refractivity contribution in [1.82, 2.24) is 4.98 Å². The molecule has 1 heterocycles. The Labute approximate surface area is 161 Å². The Morgan fingerprint density at radius 2 is 2.04 bits per heavy atom. The van der Waals surface area contributed by atoms with Crippen LogP contribution in [0, 0.1) is 0 Å². The van der Waals surface area contributed by atoms with Crippen molar-refractivity contribution in [2.24, 2.45) is 0 Å². The molecule has 27 heavy (non-hydrogen) atoms. The van der Waals surface area contributed by atoms with Gasteiger partial charge in [0.2, 0.25) is 0 Å². The number of alkyl halides is 1. The van der Waals surface area contributed by atoms with Gasteiger partial charge in [-0.05, 0) is 24.6 Å². The Kier molecular flexibility index (Phi) is 5.66. The lowest BCUT2D eigenvalue weighted by atomic mass is 9.99. The number of anilines is 1. The molecule has 140 valence electrons. The van der Waals surface area contributed by atoms with Crippen molar-refractivity contribution < 1.29 is 19.1 Å². The summed E-state index contributed by atoms with van der Waals surface area (Å²) >= 11 is 5.98. The van der Waals surface area contributed by atoms with Crippen LogP contribution >= 0.6 is 11.6 Å². The summed E-state index contributed by atoms with van der Waals surface area (Å²) in [6.45, 7) is 0. The first-order valence-electron chi connectivity index (χ1n) is 8.30. The highest BCUT2D eigenvalue weighted by Crippen LogP contribution is 2.29. The van der Waals surface area contributed by atoms with Gasteiger partial charge in [0.05, 0.1) is 25.3 Å². The number of H-pyrrole nitrogens is 1. The van der Waals surface area contributed by atoms with Crippen LogP contribution in [0.25, 0.3) is 0 Å². The van der Waals surface area contributed by atoms with Crippen molar-refractivity contribution in [2.75, 3.05) is 19.5 Å². The van der Waals surface area contributed by atoms with E-state index in [-0.39, 0.29) is 22.8 Å². The first-order chi connectivity index (χ1) is 13.0. The molecule has 0 saturated heterocycles. The zero-order chi connectivity index (χ0) is 19.4. The van der Waals surface area contributed by atoms with Crippen LogP contribution in [-0.4, -0.2) is 36.3 Å². The van der Waals surface area contributed by atoms with Crippen molar-refractivity contribution >= 4 is 29.0 Å². The highest BCUT2D eigenvalue weighted by molar-refractivity contribution is 6.22. The topological polar surface area (TPSA) is 80.4 Å². The molecule has 1 unspecified atom stereocenters. The van der Waals surface area contributed by atoms with Gasteiger partial charge in [-0.25, -0.2) is 0 Å². The summed E-state index contributed by atoms with van der Waals surface area (Å²) in [6, 6.07) is 6.60. The molecule has 0 spiro atoms. The second-order valence-corrected chi connectivity index (χ2v) is 6.48. The number of aromatic nitrogens is 1. The van der Waals surface area contributed by atoms with Gasteiger partial charge >= 0.3 is 0 Å².